The van der Waals surface area contributed by atoms with Gasteiger partial charge in [0.25, 0.3) is 0 Å². The van der Waals surface area contributed by atoms with Crippen LogP contribution in [0.3, 0.4) is 0 Å². The summed E-state index contributed by atoms with van der Waals surface area (Å²) in [5.74, 6) is 1.24. The Labute approximate surface area is 181 Å². The lowest BCUT2D eigenvalue weighted by atomic mass is 9.77. The van der Waals surface area contributed by atoms with Crippen LogP contribution in [0.15, 0.2) is 30.3 Å². The van der Waals surface area contributed by atoms with Crippen molar-refractivity contribution in [3.8, 4) is 0 Å². The first-order chi connectivity index (χ1) is 14.6. The third-order valence-corrected chi connectivity index (χ3v) is 7.49. The Hall–Kier alpha value is -1.87. The number of anilines is 1. The summed E-state index contributed by atoms with van der Waals surface area (Å²) in [4.78, 5) is 2.52. The molecule has 1 heterocycles. The van der Waals surface area contributed by atoms with Crippen LogP contribution in [0.2, 0.25) is 0 Å². The number of fused-ring (bicyclic) bond motifs is 1. The predicted octanol–water partition coefficient (Wildman–Crippen LogP) is 6.41. The Morgan fingerprint density at radius 1 is 1.07 bits per heavy atom. The first kappa shape index (κ1) is 21.4. The number of hydrogen-bond donors (Lipinski definition) is 1. The van der Waals surface area contributed by atoms with E-state index in [1.54, 1.807) is 17.7 Å². The SMILES string of the molecule is Cc1cc2c(c(C)c1C(CCN)C1CCCC1)CCCCN2Cc1ccc(F)cc1. The van der Waals surface area contributed by atoms with E-state index in [0.717, 1.165) is 38.4 Å². The van der Waals surface area contributed by atoms with E-state index in [9.17, 15) is 4.39 Å². The average Bonchev–Trinajstić information content (AvgIpc) is 3.19. The van der Waals surface area contributed by atoms with E-state index in [0.29, 0.717) is 5.92 Å². The molecule has 162 valence electrons. The highest BCUT2D eigenvalue weighted by Crippen LogP contribution is 2.44. The Morgan fingerprint density at radius 2 is 1.80 bits per heavy atom. The summed E-state index contributed by atoms with van der Waals surface area (Å²) in [6.45, 7) is 7.36. The lowest BCUT2D eigenvalue weighted by molar-refractivity contribution is 0.413. The summed E-state index contributed by atoms with van der Waals surface area (Å²) in [7, 11) is 0. The molecule has 2 nitrogen and oxygen atoms in total. The molecule has 1 unspecified atom stereocenters. The van der Waals surface area contributed by atoms with Gasteiger partial charge in [0.15, 0.2) is 0 Å². The van der Waals surface area contributed by atoms with Crippen molar-refractivity contribution in [3.05, 3.63) is 64.0 Å². The van der Waals surface area contributed by atoms with E-state index in [1.807, 2.05) is 12.1 Å². The number of rotatable bonds is 6. The molecule has 0 amide bonds. The van der Waals surface area contributed by atoms with Crippen LogP contribution in [-0.2, 0) is 13.0 Å². The van der Waals surface area contributed by atoms with Crippen LogP contribution in [0.4, 0.5) is 10.1 Å². The Balaban J connectivity index is 1.71. The van der Waals surface area contributed by atoms with Crippen LogP contribution in [0, 0.1) is 25.6 Å². The summed E-state index contributed by atoms with van der Waals surface area (Å²) in [5, 5.41) is 0. The largest absolute Gasteiger partial charge is 0.367 e. The molecule has 2 N–H and O–H groups in total. The molecule has 1 aliphatic heterocycles. The Bertz CT molecular complexity index is 852. The zero-order valence-electron chi connectivity index (χ0n) is 18.7. The molecule has 1 saturated carbocycles. The zero-order valence-corrected chi connectivity index (χ0v) is 18.7. The zero-order chi connectivity index (χ0) is 21.1. The van der Waals surface area contributed by atoms with Gasteiger partial charge in [0, 0.05) is 18.8 Å². The summed E-state index contributed by atoms with van der Waals surface area (Å²) >= 11 is 0. The molecule has 2 aromatic carbocycles. The fraction of sp³-hybridized carbons (Fsp3) is 0.556. The van der Waals surface area contributed by atoms with Crippen LogP contribution >= 0.6 is 0 Å². The number of benzene rings is 2. The molecule has 1 atom stereocenters. The van der Waals surface area contributed by atoms with Gasteiger partial charge < -0.3 is 10.6 Å². The van der Waals surface area contributed by atoms with Gasteiger partial charge in [-0.15, -0.1) is 0 Å². The lowest BCUT2D eigenvalue weighted by Gasteiger charge is -2.32. The molecule has 0 radical (unpaired) electrons. The van der Waals surface area contributed by atoms with Crippen molar-refractivity contribution in [1.82, 2.24) is 0 Å². The highest BCUT2D eigenvalue weighted by Gasteiger charge is 2.30. The van der Waals surface area contributed by atoms with Crippen molar-refractivity contribution < 1.29 is 4.39 Å². The maximum absolute atomic E-state index is 13.4. The van der Waals surface area contributed by atoms with E-state index in [1.165, 1.54) is 66.5 Å². The van der Waals surface area contributed by atoms with Crippen LogP contribution in [0.25, 0.3) is 0 Å². The number of halogens is 1. The van der Waals surface area contributed by atoms with E-state index >= 15 is 0 Å². The van der Waals surface area contributed by atoms with Crippen LogP contribution in [-0.4, -0.2) is 13.1 Å². The number of aryl methyl sites for hydroxylation is 1. The van der Waals surface area contributed by atoms with E-state index in [2.05, 4.69) is 24.8 Å². The van der Waals surface area contributed by atoms with Crippen LogP contribution in [0.5, 0.6) is 0 Å². The molecule has 1 aliphatic carbocycles. The normalized spacial score (nSPS) is 18.3. The van der Waals surface area contributed by atoms with E-state index in [-0.39, 0.29) is 5.82 Å². The highest BCUT2D eigenvalue weighted by atomic mass is 19.1. The fourth-order valence-corrected chi connectivity index (χ4v) is 6.04. The molecule has 1 fully saturated rings. The van der Waals surface area contributed by atoms with Gasteiger partial charge in [-0.25, -0.2) is 4.39 Å². The topological polar surface area (TPSA) is 29.3 Å². The van der Waals surface area contributed by atoms with Gasteiger partial charge in [0.1, 0.15) is 5.82 Å². The smallest absolute Gasteiger partial charge is 0.123 e. The standard InChI is InChI=1S/C27H37FN2/c1-19-17-26-24(20(2)27(19)25(14-15-29)22-7-3-4-8-22)9-5-6-16-30(26)18-21-10-12-23(28)13-11-21/h10-13,17,22,25H,3-9,14-16,18,29H2,1-2H3. The average molecular weight is 409 g/mol. The second-order valence-electron chi connectivity index (χ2n) is 9.46. The summed E-state index contributed by atoms with van der Waals surface area (Å²) in [6.07, 6.45) is 10.2. The van der Waals surface area contributed by atoms with Crippen molar-refractivity contribution in [1.29, 1.82) is 0 Å². The molecule has 0 aromatic heterocycles. The minimum Gasteiger partial charge on any atom is -0.367 e. The number of nitrogens with two attached hydrogens (primary N) is 1. The maximum atomic E-state index is 13.4. The van der Waals surface area contributed by atoms with Gasteiger partial charge in [0.05, 0.1) is 0 Å². The summed E-state index contributed by atoms with van der Waals surface area (Å²) in [6, 6.07) is 9.45. The van der Waals surface area contributed by atoms with Gasteiger partial charge in [0.2, 0.25) is 0 Å². The van der Waals surface area contributed by atoms with Gasteiger partial charge in [-0.2, -0.15) is 0 Å². The summed E-state index contributed by atoms with van der Waals surface area (Å²) in [5.41, 5.74) is 14.7. The van der Waals surface area contributed by atoms with Crippen molar-refractivity contribution >= 4 is 5.69 Å². The highest BCUT2D eigenvalue weighted by molar-refractivity contribution is 5.63. The number of nitrogens with zero attached hydrogens (tertiary/aromatic N) is 1. The Morgan fingerprint density at radius 3 is 2.50 bits per heavy atom. The minimum atomic E-state index is -0.163. The first-order valence-electron chi connectivity index (χ1n) is 11.9. The van der Waals surface area contributed by atoms with Gasteiger partial charge in [-0.1, -0.05) is 25.0 Å². The van der Waals surface area contributed by atoms with Gasteiger partial charge in [-0.05, 0) is 117 Å². The molecule has 0 spiro atoms. The lowest BCUT2D eigenvalue weighted by Crippen LogP contribution is -2.25. The maximum Gasteiger partial charge on any atom is 0.123 e. The molecule has 2 aromatic rings. The third kappa shape index (κ3) is 4.42. The molecule has 2 aliphatic rings. The first-order valence-corrected chi connectivity index (χ1v) is 11.9. The summed E-state index contributed by atoms with van der Waals surface area (Å²) < 4.78 is 13.4. The van der Waals surface area contributed by atoms with E-state index < -0.39 is 0 Å². The number of hydrogen-bond acceptors (Lipinski definition) is 2. The van der Waals surface area contributed by atoms with Crippen molar-refractivity contribution in [3.63, 3.8) is 0 Å². The Kier molecular flexibility index (Phi) is 6.77. The van der Waals surface area contributed by atoms with E-state index in [4.69, 9.17) is 5.73 Å². The quantitative estimate of drug-likeness (QED) is 0.598. The van der Waals surface area contributed by atoms with Crippen molar-refractivity contribution in [2.45, 2.75) is 77.7 Å². The monoisotopic (exact) mass is 408 g/mol. The fourth-order valence-electron chi connectivity index (χ4n) is 6.04. The van der Waals surface area contributed by atoms with Crippen LogP contribution < -0.4 is 10.6 Å². The van der Waals surface area contributed by atoms with Crippen LogP contribution in [0.1, 0.15) is 78.7 Å². The second-order valence-corrected chi connectivity index (χ2v) is 9.46. The molecule has 3 heteroatoms. The molecule has 0 bridgehead atoms. The minimum absolute atomic E-state index is 0.163. The molecule has 30 heavy (non-hydrogen) atoms. The van der Waals surface area contributed by atoms with Crippen molar-refractivity contribution in [2.24, 2.45) is 11.7 Å². The van der Waals surface area contributed by atoms with Crippen molar-refractivity contribution in [2.75, 3.05) is 18.0 Å². The molecular weight excluding hydrogens is 371 g/mol. The predicted molar refractivity (Wildman–Crippen MR) is 125 cm³/mol. The third-order valence-electron chi connectivity index (χ3n) is 7.49. The second kappa shape index (κ2) is 9.51. The molecular formula is C27H37FN2. The molecule has 4 rings (SSSR count). The van der Waals surface area contributed by atoms with Gasteiger partial charge in [-0.3, -0.25) is 0 Å². The molecule has 0 saturated heterocycles. The van der Waals surface area contributed by atoms with Gasteiger partial charge >= 0.3 is 0 Å².